The first-order valence-corrected chi connectivity index (χ1v) is 10.3. The van der Waals surface area contributed by atoms with Crippen molar-refractivity contribution in [1.82, 2.24) is 0 Å². The normalized spacial score (nSPS) is 12.8. The summed E-state index contributed by atoms with van der Waals surface area (Å²) in [6.45, 7) is 6.73. The second kappa shape index (κ2) is 12.1. The number of nitrogens with zero attached hydrogens (tertiary/aromatic N) is 1. The van der Waals surface area contributed by atoms with Crippen molar-refractivity contribution in [3.63, 3.8) is 0 Å². The molecule has 0 fully saturated rings. The number of benzene rings is 2. The average molecular weight is 384 g/mol. The van der Waals surface area contributed by atoms with Crippen LogP contribution in [0.3, 0.4) is 0 Å². The number of hydrogen-bond acceptors (Lipinski definition) is 1. The molecule has 0 bridgehead atoms. The third kappa shape index (κ3) is 6.90. The minimum absolute atomic E-state index is 0. The van der Waals surface area contributed by atoms with E-state index in [9.17, 15) is 0 Å². The molecule has 0 spiro atoms. The summed E-state index contributed by atoms with van der Waals surface area (Å²) in [6.07, 6.45) is 0.0155. The van der Waals surface area contributed by atoms with Crippen molar-refractivity contribution < 1.29 is 40.7 Å². The first-order chi connectivity index (χ1) is 10.0. The van der Waals surface area contributed by atoms with Gasteiger partial charge < -0.3 is 17.1 Å². The molecule has 130 valence electrons. The number of rotatable bonds is 6. The topological polar surface area (TPSA) is 23.3 Å². The number of methoxy groups -OCH3 is 1. The summed E-state index contributed by atoms with van der Waals surface area (Å²) in [5, 5.41) is 1.36. The summed E-state index contributed by atoms with van der Waals surface area (Å²) in [7, 11) is -0.0448. The van der Waals surface area contributed by atoms with E-state index in [2.05, 4.69) is 62.5 Å². The van der Waals surface area contributed by atoms with Crippen LogP contribution in [0, 0.1) is 7.43 Å². The zero-order chi connectivity index (χ0) is 15.3. The molecule has 5 heteroatoms. The largest absolute Gasteiger partial charge is 1.00 e. The van der Waals surface area contributed by atoms with E-state index in [1.807, 2.05) is 18.2 Å². The SMILES string of the molecule is CO[C@H](c1ccccc1)[C@H](C)[N-][Si](C)(C)c1ccccc1.[CH3-].[Cu+].[Li+]. The zero-order valence-electron chi connectivity index (χ0n) is 15.6. The molecule has 0 unspecified atom stereocenters. The van der Waals surface area contributed by atoms with Crippen molar-refractivity contribution in [1.29, 1.82) is 0 Å². The van der Waals surface area contributed by atoms with Crippen LogP contribution in [0.25, 0.3) is 4.98 Å². The fourth-order valence-corrected chi connectivity index (χ4v) is 5.06. The van der Waals surface area contributed by atoms with Crippen LogP contribution in [0.15, 0.2) is 60.7 Å². The van der Waals surface area contributed by atoms with E-state index < -0.39 is 8.24 Å². The summed E-state index contributed by atoms with van der Waals surface area (Å²) in [5.74, 6) is 0. The van der Waals surface area contributed by atoms with Gasteiger partial charge in [0.15, 0.2) is 0 Å². The molecular weight excluding hydrogens is 357 g/mol. The van der Waals surface area contributed by atoms with Crippen LogP contribution in [0.2, 0.25) is 13.1 Å². The van der Waals surface area contributed by atoms with Gasteiger partial charge in [0, 0.05) is 7.11 Å². The first kappa shape index (κ1) is 25.9. The Kier molecular flexibility index (Phi) is 13.1. The Morgan fingerprint density at radius 3 is 1.83 bits per heavy atom. The molecule has 2 rings (SSSR count). The Morgan fingerprint density at radius 1 is 0.917 bits per heavy atom. The Balaban J connectivity index is 0. The summed E-state index contributed by atoms with van der Waals surface area (Å²) in [4.78, 5) is 5.14. The van der Waals surface area contributed by atoms with Crippen LogP contribution in [0.1, 0.15) is 18.6 Å². The summed E-state index contributed by atoms with van der Waals surface area (Å²) in [6, 6.07) is 21.1. The first-order valence-electron chi connectivity index (χ1n) is 7.40. The van der Waals surface area contributed by atoms with Gasteiger partial charge in [0.2, 0.25) is 0 Å². The molecule has 0 aromatic heterocycles. The molecule has 2 aromatic rings. The van der Waals surface area contributed by atoms with E-state index >= 15 is 0 Å². The Hall–Kier alpha value is -0.306. The molecule has 0 heterocycles. The molecule has 0 aliphatic heterocycles. The van der Waals surface area contributed by atoms with E-state index in [1.165, 1.54) is 10.8 Å². The van der Waals surface area contributed by atoms with Crippen molar-refractivity contribution >= 4 is 13.4 Å². The molecule has 0 amide bonds. The van der Waals surface area contributed by atoms with Crippen molar-refractivity contribution in [2.45, 2.75) is 32.2 Å². The van der Waals surface area contributed by atoms with Gasteiger partial charge in [-0.05, 0) is 13.8 Å². The predicted octanol–water partition coefficient (Wildman–Crippen LogP) is 1.70. The van der Waals surface area contributed by atoms with Crippen molar-refractivity contribution in [3.8, 4) is 0 Å². The van der Waals surface area contributed by atoms with E-state index in [0.717, 1.165) is 0 Å². The minimum Gasteiger partial charge on any atom is -0.656 e. The van der Waals surface area contributed by atoms with Crippen LogP contribution >= 0.6 is 0 Å². The molecule has 2 nitrogen and oxygen atoms in total. The number of hydrogen-bond donors (Lipinski definition) is 0. The van der Waals surface area contributed by atoms with Crippen LogP contribution in [-0.2, 0) is 21.8 Å². The third-order valence-electron chi connectivity index (χ3n) is 3.83. The minimum atomic E-state index is -1.81. The van der Waals surface area contributed by atoms with E-state index in [4.69, 9.17) is 9.72 Å². The Labute approximate surface area is 171 Å². The van der Waals surface area contributed by atoms with Crippen molar-refractivity contribution in [2.24, 2.45) is 0 Å². The Bertz CT molecular complexity index is 554. The molecular formula is C19H27CuLiNOSi. The van der Waals surface area contributed by atoms with Crippen LogP contribution in [0.5, 0.6) is 0 Å². The third-order valence-corrected chi connectivity index (χ3v) is 6.63. The molecule has 0 aliphatic carbocycles. The molecule has 2 aromatic carbocycles. The zero-order valence-corrected chi connectivity index (χ0v) is 17.5. The smallest absolute Gasteiger partial charge is 0.656 e. The van der Waals surface area contributed by atoms with Gasteiger partial charge in [-0.3, -0.25) is 0 Å². The van der Waals surface area contributed by atoms with E-state index in [1.54, 1.807) is 7.11 Å². The van der Waals surface area contributed by atoms with Gasteiger partial charge in [0.25, 0.3) is 0 Å². The predicted molar refractivity (Wildman–Crippen MR) is 99.0 cm³/mol. The van der Waals surface area contributed by atoms with Gasteiger partial charge in [0.05, 0.1) is 6.10 Å². The molecule has 0 N–H and O–H groups in total. The fraction of sp³-hybridized carbons (Fsp3) is 0.316. The molecule has 0 radical (unpaired) electrons. The maximum Gasteiger partial charge on any atom is 1.00 e. The van der Waals surface area contributed by atoms with Gasteiger partial charge in [-0.1, -0.05) is 85.9 Å². The molecule has 24 heavy (non-hydrogen) atoms. The molecule has 0 saturated carbocycles. The second-order valence-corrected chi connectivity index (χ2v) is 9.82. The molecule has 2 atom stereocenters. The quantitative estimate of drug-likeness (QED) is 0.550. The van der Waals surface area contributed by atoms with Crippen molar-refractivity contribution in [3.05, 3.63) is 78.6 Å². The van der Waals surface area contributed by atoms with Gasteiger partial charge in [-0.2, -0.15) is 0 Å². The standard InChI is InChI=1S/C18H24NOSi.CH3.Cu.Li/c1-15(18(20-2)16-11-7-5-8-12-16)19-21(3,4)17-13-9-6-10-14-17;;;/h5-15,18H,1-4H3;1H3;;/q2*-1;2*+1/t15-,18-;;;/m0.../s1. The van der Waals surface area contributed by atoms with Crippen LogP contribution in [-0.4, -0.2) is 21.4 Å². The molecule has 0 aliphatic rings. The van der Waals surface area contributed by atoms with E-state index in [0.29, 0.717) is 0 Å². The van der Waals surface area contributed by atoms with Gasteiger partial charge in [-0.25, -0.2) is 0 Å². The van der Waals surface area contributed by atoms with Crippen LogP contribution in [0.4, 0.5) is 0 Å². The number of ether oxygens (including phenoxy) is 1. The van der Waals surface area contributed by atoms with Crippen molar-refractivity contribution in [2.75, 3.05) is 7.11 Å². The van der Waals surface area contributed by atoms with Gasteiger partial charge >= 0.3 is 35.9 Å². The van der Waals surface area contributed by atoms with Gasteiger partial charge in [0.1, 0.15) is 0 Å². The maximum atomic E-state index is 5.71. The Morgan fingerprint density at radius 2 is 1.38 bits per heavy atom. The van der Waals surface area contributed by atoms with E-state index in [-0.39, 0.29) is 55.5 Å². The summed E-state index contributed by atoms with van der Waals surface area (Å²) in [5.41, 5.74) is 1.19. The molecule has 0 saturated heterocycles. The van der Waals surface area contributed by atoms with Gasteiger partial charge in [-0.15, -0.1) is 6.04 Å². The fourth-order valence-electron chi connectivity index (χ4n) is 2.75. The summed E-state index contributed by atoms with van der Waals surface area (Å²) >= 11 is 0. The monoisotopic (exact) mass is 383 g/mol. The van der Waals surface area contributed by atoms with Crippen LogP contribution < -0.4 is 24.0 Å². The average Bonchev–Trinajstić information content (AvgIpc) is 2.49. The summed E-state index contributed by atoms with van der Waals surface area (Å²) < 4.78 is 5.71. The second-order valence-electron chi connectivity index (χ2n) is 5.86. The maximum absolute atomic E-state index is 5.71.